The van der Waals surface area contributed by atoms with Crippen LogP contribution in [0, 0.1) is 6.92 Å². The summed E-state index contributed by atoms with van der Waals surface area (Å²) in [6, 6.07) is 27.0. The Morgan fingerprint density at radius 3 is 2.09 bits per heavy atom. The van der Waals surface area contributed by atoms with E-state index in [-0.39, 0.29) is 17.5 Å². The largest absolute Gasteiger partial charge is 0.332 e. The van der Waals surface area contributed by atoms with E-state index in [1.165, 1.54) is 0 Å². The number of aromatic nitrogens is 2. The van der Waals surface area contributed by atoms with E-state index in [1.807, 2.05) is 79.7 Å². The van der Waals surface area contributed by atoms with Crippen molar-refractivity contribution >= 4 is 18.5 Å². The zero-order valence-electron chi connectivity index (χ0n) is 18.9. The van der Waals surface area contributed by atoms with E-state index in [2.05, 4.69) is 12.6 Å². The molecule has 0 unspecified atom stereocenters. The van der Waals surface area contributed by atoms with Crippen LogP contribution in [0.2, 0.25) is 0 Å². The third kappa shape index (κ3) is 4.17. The summed E-state index contributed by atoms with van der Waals surface area (Å²) in [5, 5.41) is 0. The molecule has 3 aromatic carbocycles. The van der Waals surface area contributed by atoms with Crippen molar-refractivity contribution in [2.75, 3.05) is 6.54 Å². The number of carbonyl (C=O) groups is 1. The van der Waals surface area contributed by atoms with Crippen LogP contribution in [0.3, 0.4) is 0 Å². The molecule has 5 rings (SSSR count). The number of benzene rings is 3. The van der Waals surface area contributed by atoms with Gasteiger partial charge in [-0.15, -0.1) is 12.6 Å². The van der Waals surface area contributed by atoms with Crippen molar-refractivity contribution in [3.8, 4) is 0 Å². The molecule has 6 heteroatoms. The third-order valence-corrected chi connectivity index (χ3v) is 6.63. The van der Waals surface area contributed by atoms with Gasteiger partial charge in [-0.05, 0) is 48.7 Å². The summed E-state index contributed by atoms with van der Waals surface area (Å²) in [5.41, 5.74) is 4.01. The van der Waals surface area contributed by atoms with Gasteiger partial charge >= 0.3 is 0 Å². The Balaban J connectivity index is 1.54. The van der Waals surface area contributed by atoms with E-state index in [1.54, 1.807) is 21.6 Å². The molecule has 2 heterocycles. The predicted molar refractivity (Wildman–Crippen MR) is 135 cm³/mol. The number of rotatable bonds is 4. The van der Waals surface area contributed by atoms with E-state index in [0.29, 0.717) is 42.2 Å². The average Bonchev–Trinajstić information content (AvgIpc) is 2.87. The third-order valence-electron chi connectivity index (χ3n) is 6.33. The average molecular weight is 468 g/mol. The van der Waals surface area contributed by atoms with Gasteiger partial charge in [-0.2, -0.15) is 0 Å². The van der Waals surface area contributed by atoms with E-state index in [0.717, 1.165) is 16.0 Å². The molecule has 1 aliphatic rings. The molecule has 0 saturated carbocycles. The summed E-state index contributed by atoms with van der Waals surface area (Å²) in [5.74, 6) is 0.573. The molecule has 0 atom stereocenters. The quantitative estimate of drug-likeness (QED) is 0.444. The number of carbonyl (C=O) groups excluding carboxylic acids is 1. The topological polar surface area (TPSA) is 55.2 Å². The maximum Gasteiger partial charge on any atom is 0.257 e. The first-order chi connectivity index (χ1) is 16.5. The summed E-state index contributed by atoms with van der Waals surface area (Å²) in [4.78, 5) is 34.3. The fourth-order valence-electron chi connectivity index (χ4n) is 4.65. The predicted octanol–water partition coefficient (Wildman–Crippen LogP) is 4.68. The lowest BCUT2D eigenvalue weighted by Crippen LogP contribution is -2.42. The maximum atomic E-state index is 13.8. The summed E-state index contributed by atoms with van der Waals surface area (Å²) < 4.78 is 1.80. The molecule has 0 aliphatic carbocycles. The highest BCUT2D eigenvalue weighted by molar-refractivity contribution is 7.80. The van der Waals surface area contributed by atoms with Gasteiger partial charge in [0.1, 0.15) is 5.82 Å². The molecule has 0 bridgehead atoms. The van der Waals surface area contributed by atoms with Crippen LogP contribution >= 0.6 is 12.6 Å². The van der Waals surface area contributed by atoms with Gasteiger partial charge in [-0.25, -0.2) is 4.98 Å². The second-order valence-corrected chi connectivity index (χ2v) is 9.02. The number of aryl methyl sites for hydroxylation is 1. The molecule has 0 spiro atoms. The van der Waals surface area contributed by atoms with Crippen molar-refractivity contribution in [2.24, 2.45) is 0 Å². The van der Waals surface area contributed by atoms with E-state index in [4.69, 9.17) is 4.98 Å². The maximum absolute atomic E-state index is 13.8. The van der Waals surface area contributed by atoms with Crippen LogP contribution < -0.4 is 5.56 Å². The first kappa shape index (κ1) is 22.2. The van der Waals surface area contributed by atoms with Crippen LogP contribution in [0.5, 0.6) is 0 Å². The van der Waals surface area contributed by atoms with Gasteiger partial charge in [-0.1, -0.05) is 60.7 Å². The molecule has 1 aliphatic heterocycles. The molecule has 0 N–H and O–H groups in total. The highest BCUT2D eigenvalue weighted by atomic mass is 32.1. The van der Waals surface area contributed by atoms with Gasteiger partial charge in [0.15, 0.2) is 0 Å². The summed E-state index contributed by atoms with van der Waals surface area (Å²) in [7, 11) is 0. The highest BCUT2D eigenvalue weighted by Crippen LogP contribution is 2.27. The van der Waals surface area contributed by atoms with Gasteiger partial charge in [0.25, 0.3) is 11.5 Å². The lowest BCUT2D eigenvalue weighted by Gasteiger charge is -2.30. The smallest absolute Gasteiger partial charge is 0.257 e. The molecule has 0 saturated heterocycles. The Kier molecular flexibility index (Phi) is 6.07. The van der Waals surface area contributed by atoms with Crippen LogP contribution in [0.1, 0.15) is 44.6 Å². The summed E-state index contributed by atoms with van der Waals surface area (Å²) in [6.45, 7) is 2.68. The molecule has 170 valence electrons. The second kappa shape index (κ2) is 9.31. The van der Waals surface area contributed by atoms with Gasteiger partial charge in [0, 0.05) is 22.6 Å². The zero-order chi connectivity index (χ0) is 23.7. The number of fused-ring (bicyclic) bond motifs is 1. The van der Waals surface area contributed by atoms with Crippen molar-refractivity contribution in [3.63, 3.8) is 0 Å². The number of nitrogens with zero attached hydrogens (tertiary/aromatic N) is 3. The first-order valence-corrected chi connectivity index (χ1v) is 11.8. The molecule has 0 radical (unpaired) electrons. The minimum Gasteiger partial charge on any atom is -0.332 e. The van der Waals surface area contributed by atoms with Crippen LogP contribution in [-0.2, 0) is 13.0 Å². The normalized spacial score (nSPS) is 13.1. The fourth-order valence-corrected chi connectivity index (χ4v) is 4.80. The fraction of sp³-hybridized carbons (Fsp3) is 0.179. The van der Waals surface area contributed by atoms with Crippen molar-refractivity contribution in [1.82, 2.24) is 14.5 Å². The Morgan fingerprint density at radius 2 is 1.50 bits per heavy atom. The second-order valence-electron chi connectivity index (χ2n) is 8.51. The van der Waals surface area contributed by atoms with Crippen LogP contribution in [-0.4, -0.2) is 26.9 Å². The Hall–Kier alpha value is -3.64. The van der Waals surface area contributed by atoms with Gasteiger partial charge in [-0.3, -0.25) is 14.2 Å². The van der Waals surface area contributed by atoms with Crippen LogP contribution in [0.15, 0.2) is 94.6 Å². The molecule has 1 aromatic heterocycles. The Bertz CT molecular complexity index is 1340. The van der Waals surface area contributed by atoms with Crippen molar-refractivity contribution in [3.05, 3.63) is 129 Å². The van der Waals surface area contributed by atoms with Gasteiger partial charge < -0.3 is 4.90 Å². The summed E-state index contributed by atoms with van der Waals surface area (Å²) in [6.07, 6.45) is 0.480. The van der Waals surface area contributed by atoms with E-state index < -0.39 is 0 Å². The molecular formula is C28H25N3O2S. The van der Waals surface area contributed by atoms with Crippen LogP contribution in [0.25, 0.3) is 0 Å². The molecule has 4 aromatic rings. The summed E-state index contributed by atoms with van der Waals surface area (Å²) >= 11 is 4.29. The van der Waals surface area contributed by atoms with E-state index >= 15 is 0 Å². The molecule has 5 nitrogen and oxygen atoms in total. The van der Waals surface area contributed by atoms with Gasteiger partial charge in [0.2, 0.25) is 0 Å². The van der Waals surface area contributed by atoms with Crippen molar-refractivity contribution in [1.29, 1.82) is 0 Å². The minimum atomic E-state index is -0.271. The Labute approximate surface area is 204 Å². The molecule has 0 fully saturated rings. The standard InChI is InChI=1S/C28H25N3O2S/c1-19-29-25-18-30(27(32)22-12-14-23(34)15-13-22)17-16-24(25)28(33)31(19)26(20-8-4-2-5-9-20)21-10-6-3-7-11-21/h2-15,26,34H,16-18H2,1H3. The SMILES string of the molecule is Cc1nc2c(c(=O)n1C(c1ccccc1)c1ccccc1)CCN(C(=O)c1ccc(S)cc1)C2. The number of hydrogen-bond donors (Lipinski definition) is 1. The van der Waals surface area contributed by atoms with Crippen LogP contribution in [0.4, 0.5) is 0 Å². The van der Waals surface area contributed by atoms with Crippen molar-refractivity contribution in [2.45, 2.75) is 30.8 Å². The minimum absolute atomic E-state index is 0.0354. The highest BCUT2D eigenvalue weighted by Gasteiger charge is 2.28. The molecular weight excluding hydrogens is 442 g/mol. The first-order valence-electron chi connectivity index (χ1n) is 11.3. The molecule has 34 heavy (non-hydrogen) atoms. The number of amides is 1. The number of hydrogen-bond acceptors (Lipinski definition) is 4. The number of thiol groups is 1. The van der Waals surface area contributed by atoms with Crippen molar-refractivity contribution < 1.29 is 4.79 Å². The zero-order valence-corrected chi connectivity index (χ0v) is 19.8. The van der Waals surface area contributed by atoms with Gasteiger partial charge in [0.05, 0.1) is 18.3 Å². The lowest BCUT2D eigenvalue weighted by atomic mass is 9.97. The lowest BCUT2D eigenvalue weighted by molar-refractivity contribution is 0.0730. The monoisotopic (exact) mass is 467 g/mol. The molecule has 1 amide bonds. The Morgan fingerprint density at radius 1 is 0.912 bits per heavy atom. The van der Waals surface area contributed by atoms with E-state index in [9.17, 15) is 9.59 Å².